The minimum atomic E-state index is -0.372. The van der Waals surface area contributed by atoms with E-state index in [-0.39, 0.29) is 18.2 Å². The van der Waals surface area contributed by atoms with Gasteiger partial charge in [-0.15, -0.1) is 5.73 Å². The summed E-state index contributed by atoms with van der Waals surface area (Å²) < 4.78 is 5.43. The zero-order chi connectivity index (χ0) is 26.2. The normalized spacial score (nSPS) is 17.8. The molecule has 0 radical (unpaired) electrons. The first-order valence-electron chi connectivity index (χ1n) is 12.8. The maximum Gasteiger partial charge on any atom is 0.267 e. The van der Waals surface area contributed by atoms with Crippen molar-refractivity contribution in [1.82, 2.24) is 15.7 Å². The lowest BCUT2D eigenvalue weighted by molar-refractivity contribution is -0.198. The minimum absolute atomic E-state index is 0.167. The van der Waals surface area contributed by atoms with Crippen molar-refractivity contribution in [1.29, 1.82) is 0 Å². The van der Waals surface area contributed by atoms with Crippen LogP contribution < -0.4 is 10.8 Å². The van der Waals surface area contributed by atoms with E-state index in [1.54, 1.807) is 18.4 Å². The van der Waals surface area contributed by atoms with Crippen molar-refractivity contribution in [2.24, 2.45) is 4.99 Å². The molecule has 0 bridgehead atoms. The molecule has 1 unspecified atom stereocenters. The molecule has 36 heavy (non-hydrogen) atoms. The number of amidine groups is 1. The van der Waals surface area contributed by atoms with E-state index in [4.69, 9.17) is 9.57 Å². The largest absolute Gasteiger partial charge is 0.366 e. The maximum atomic E-state index is 12.0. The minimum Gasteiger partial charge on any atom is -0.366 e. The van der Waals surface area contributed by atoms with Crippen LogP contribution in [-0.2, 0) is 20.8 Å². The first kappa shape index (κ1) is 29.3. The molecule has 1 aliphatic heterocycles. The zero-order valence-corrected chi connectivity index (χ0v) is 22.2. The van der Waals surface area contributed by atoms with Crippen LogP contribution in [0, 0.1) is 0 Å². The highest BCUT2D eigenvalue weighted by Gasteiger charge is 2.15. The summed E-state index contributed by atoms with van der Waals surface area (Å²) in [7, 11) is 0. The van der Waals surface area contributed by atoms with Crippen LogP contribution in [0.4, 0.5) is 0 Å². The number of aliphatic imine (C=N–C) groups is 1. The van der Waals surface area contributed by atoms with E-state index in [2.05, 4.69) is 78.0 Å². The summed E-state index contributed by atoms with van der Waals surface area (Å²) in [6.07, 6.45) is 10.0. The molecular weight excluding hydrogens is 452 g/mol. The molecule has 1 aromatic rings. The van der Waals surface area contributed by atoms with Gasteiger partial charge in [0.2, 0.25) is 0 Å². The molecule has 196 valence electrons. The Balaban J connectivity index is 1.87. The fourth-order valence-electron chi connectivity index (χ4n) is 3.72. The Morgan fingerprint density at radius 1 is 1.28 bits per heavy atom. The van der Waals surface area contributed by atoms with Crippen LogP contribution >= 0.6 is 0 Å². The van der Waals surface area contributed by atoms with Crippen molar-refractivity contribution in [3.8, 4) is 0 Å². The van der Waals surface area contributed by atoms with Gasteiger partial charge in [-0.25, -0.2) is 15.3 Å². The number of nitrogens with zero attached hydrogens (tertiary/aromatic N) is 2. The van der Waals surface area contributed by atoms with E-state index in [1.807, 2.05) is 13.0 Å². The predicted octanol–water partition coefficient (Wildman–Crippen LogP) is 4.69. The standard InChI is InChI=1S/C29H42N4O3/c1-6-12-27(30-21-24(4)16-17-28(34)32-36-29-15-10-11-20-35-29)31-25(5)22-33(23(2)3)19-18-26-13-8-7-9-14-26/h7-9,12-14,16-17,21,23,25,29H,1,10-11,15,18-20,22H2,2-5H3,(H,30,31)(H,32,34)/b17-16+,24-21+/t25-,29?/m1/s1. The van der Waals surface area contributed by atoms with Gasteiger partial charge in [-0.1, -0.05) is 43.0 Å². The molecule has 0 aliphatic carbocycles. The monoisotopic (exact) mass is 494 g/mol. The Morgan fingerprint density at radius 3 is 2.72 bits per heavy atom. The lowest BCUT2D eigenvalue weighted by atomic mass is 10.1. The van der Waals surface area contributed by atoms with Crippen LogP contribution in [0.15, 0.2) is 77.6 Å². The third-order valence-corrected chi connectivity index (χ3v) is 5.74. The van der Waals surface area contributed by atoms with Crippen molar-refractivity contribution in [3.63, 3.8) is 0 Å². The third-order valence-electron chi connectivity index (χ3n) is 5.74. The topological polar surface area (TPSA) is 75.2 Å². The number of nitrogens with one attached hydrogen (secondary N) is 2. The molecule has 2 atom stereocenters. The number of carbonyl (C=O) groups excluding carboxylic acids is 1. The second-order valence-electron chi connectivity index (χ2n) is 9.32. The second-order valence-corrected chi connectivity index (χ2v) is 9.32. The number of hydrogen-bond donors (Lipinski definition) is 2. The highest BCUT2D eigenvalue weighted by Crippen LogP contribution is 2.12. The van der Waals surface area contributed by atoms with E-state index in [0.29, 0.717) is 18.5 Å². The second kappa shape index (κ2) is 16.7. The van der Waals surface area contributed by atoms with E-state index in [0.717, 1.165) is 44.3 Å². The van der Waals surface area contributed by atoms with Crippen LogP contribution in [0.5, 0.6) is 0 Å². The van der Waals surface area contributed by atoms with Crippen LogP contribution in [0.3, 0.4) is 0 Å². The number of ether oxygens (including phenoxy) is 1. The van der Waals surface area contributed by atoms with E-state index >= 15 is 0 Å². The van der Waals surface area contributed by atoms with Crippen LogP contribution in [0.2, 0.25) is 0 Å². The number of benzene rings is 1. The molecule has 0 aromatic heterocycles. The predicted molar refractivity (Wildman–Crippen MR) is 146 cm³/mol. The fraction of sp³-hybridized carbons (Fsp3) is 0.483. The first-order chi connectivity index (χ1) is 17.4. The summed E-state index contributed by atoms with van der Waals surface area (Å²) in [5, 5.41) is 3.45. The number of hydroxylamine groups is 1. The van der Waals surface area contributed by atoms with Crippen molar-refractivity contribution >= 4 is 11.7 Å². The SMILES string of the molecule is C=C=C\C(=N/C=C(C)/C=C/C(=O)NOC1CCCCO1)N[C@H](C)CN(CCc1ccccc1)C(C)C. The summed E-state index contributed by atoms with van der Waals surface area (Å²) in [5.74, 6) is 0.322. The molecule has 1 aliphatic rings. The Kier molecular flexibility index (Phi) is 13.5. The quantitative estimate of drug-likeness (QED) is 0.104. The fourth-order valence-corrected chi connectivity index (χ4v) is 3.72. The van der Waals surface area contributed by atoms with Crippen molar-refractivity contribution in [2.75, 3.05) is 19.7 Å². The van der Waals surface area contributed by atoms with Gasteiger partial charge < -0.3 is 10.1 Å². The Bertz CT molecular complexity index is 927. The summed E-state index contributed by atoms with van der Waals surface area (Å²) in [6.45, 7) is 14.7. The van der Waals surface area contributed by atoms with Crippen molar-refractivity contribution in [2.45, 2.75) is 71.8 Å². The van der Waals surface area contributed by atoms with Gasteiger partial charge in [0.1, 0.15) is 5.84 Å². The summed E-state index contributed by atoms with van der Waals surface area (Å²) in [6, 6.07) is 11.2. The molecule has 2 rings (SSSR count). The van der Waals surface area contributed by atoms with Crippen LogP contribution in [0.1, 0.15) is 52.5 Å². The molecule has 7 nitrogen and oxygen atoms in total. The Labute approximate surface area is 216 Å². The highest BCUT2D eigenvalue weighted by molar-refractivity contribution is 5.93. The van der Waals surface area contributed by atoms with Gasteiger partial charge >= 0.3 is 0 Å². The summed E-state index contributed by atoms with van der Waals surface area (Å²) >= 11 is 0. The van der Waals surface area contributed by atoms with Gasteiger partial charge in [-0.3, -0.25) is 9.69 Å². The van der Waals surface area contributed by atoms with Gasteiger partial charge in [-0.05, 0) is 58.1 Å². The van der Waals surface area contributed by atoms with Gasteiger partial charge in [0.05, 0.1) is 0 Å². The van der Waals surface area contributed by atoms with Gasteiger partial charge in [0.15, 0.2) is 6.29 Å². The molecule has 1 fully saturated rings. The van der Waals surface area contributed by atoms with Crippen molar-refractivity contribution in [3.05, 3.63) is 78.2 Å². The van der Waals surface area contributed by atoms with Gasteiger partial charge in [0, 0.05) is 56.6 Å². The molecule has 7 heteroatoms. The molecule has 1 amide bonds. The lowest BCUT2D eigenvalue weighted by Gasteiger charge is -2.30. The number of amides is 1. The number of hydrogen-bond acceptors (Lipinski definition) is 5. The maximum absolute atomic E-state index is 12.0. The van der Waals surface area contributed by atoms with Crippen LogP contribution in [0.25, 0.3) is 0 Å². The third kappa shape index (κ3) is 12.1. The molecule has 2 N–H and O–H groups in total. The van der Waals surface area contributed by atoms with Crippen LogP contribution in [-0.4, -0.2) is 54.7 Å². The lowest BCUT2D eigenvalue weighted by Crippen LogP contribution is -2.44. The molecular formula is C29H42N4O3. The molecule has 1 aromatic carbocycles. The zero-order valence-electron chi connectivity index (χ0n) is 22.2. The first-order valence-corrected chi connectivity index (χ1v) is 12.8. The highest BCUT2D eigenvalue weighted by atomic mass is 16.8. The smallest absolute Gasteiger partial charge is 0.267 e. The number of rotatable bonds is 13. The number of carbonyl (C=O) groups is 1. The van der Waals surface area contributed by atoms with Gasteiger partial charge in [0.25, 0.3) is 5.91 Å². The average molecular weight is 495 g/mol. The Morgan fingerprint density at radius 2 is 2.06 bits per heavy atom. The van der Waals surface area contributed by atoms with Gasteiger partial charge in [-0.2, -0.15) is 0 Å². The average Bonchev–Trinajstić information content (AvgIpc) is 2.88. The molecule has 1 saturated heterocycles. The van der Waals surface area contributed by atoms with E-state index in [9.17, 15) is 4.79 Å². The molecule has 1 heterocycles. The summed E-state index contributed by atoms with van der Waals surface area (Å²) in [4.78, 5) is 24.3. The Hall–Kier alpha value is -2.96. The number of allylic oxidation sites excluding steroid dienone is 2. The van der Waals surface area contributed by atoms with E-state index < -0.39 is 0 Å². The summed E-state index contributed by atoms with van der Waals surface area (Å²) in [5.41, 5.74) is 7.37. The van der Waals surface area contributed by atoms with E-state index in [1.165, 1.54) is 11.6 Å². The molecule has 0 spiro atoms. The molecule has 0 saturated carbocycles. The van der Waals surface area contributed by atoms with Crippen molar-refractivity contribution < 1.29 is 14.4 Å².